The number of nitrogens with zero attached hydrogens (tertiary/aromatic N) is 1. The van der Waals surface area contributed by atoms with E-state index in [0.29, 0.717) is 12.3 Å². The van der Waals surface area contributed by atoms with Crippen LogP contribution >= 0.6 is 11.6 Å². The molecule has 1 saturated heterocycles. The Labute approximate surface area is 119 Å². The van der Waals surface area contributed by atoms with Gasteiger partial charge in [-0.1, -0.05) is 17.7 Å². The first kappa shape index (κ1) is 14.6. The van der Waals surface area contributed by atoms with Gasteiger partial charge in [-0.2, -0.15) is 0 Å². The minimum absolute atomic E-state index is 0.0985. The number of halogens is 1. The summed E-state index contributed by atoms with van der Waals surface area (Å²) in [7, 11) is 0. The zero-order valence-electron chi connectivity index (χ0n) is 11.0. The Balaban J connectivity index is 1.82. The molecule has 4 nitrogen and oxygen atoms in total. The summed E-state index contributed by atoms with van der Waals surface area (Å²) in [6, 6.07) is 5.68. The summed E-state index contributed by atoms with van der Waals surface area (Å²) < 4.78 is 5.55. The van der Waals surface area contributed by atoms with Gasteiger partial charge in [0.15, 0.2) is 0 Å². The molecule has 0 amide bonds. The maximum Gasteiger partial charge on any atom is 0.0701 e. The van der Waals surface area contributed by atoms with Gasteiger partial charge in [0, 0.05) is 30.3 Å². The summed E-state index contributed by atoms with van der Waals surface area (Å²) in [4.78, 5) is 2.37. The van der Waals surface area contributed by atoms with Crippen molar-refractivity contribution in [1.82, 2.24) is 4.90 Å². The number of nitrogen functional groups attached to an aromatic ring is 1. The van der Waals surface area contributed by atoms with Gasteiger partial charge in [0.1, 0.15) is 0 Å². The molecule has 19 heavy (non-hydrogen) atoms. The average molecular weight is 285 g/mol. The number of benzene rings is 1. The zero-order chi connectivity index (χ0) is 13.7. The SMILES string of the molecule is Nc1ccc(CN2CCC(OCCO)CC2)c(Cl)c1. The summed E-state index contributed by atoms with van der Waals surface area (Å²) in [6.45, 7) is 3.38. The van der Waals surface area contributed by atoms with Crippen molar-refractivity contribution in [3.63, 3.8) is 0 Å². The highest BCUT2D eigenvalue weighted by Crippen LogP contribution is 2.22. The van der Waals surface area contributed by atoms with Crippen molar-refractivity contribution in [2.75, 3.05) is 32.0 Å². The number of aliphatic hydroxyl groups is 1. The van der Waals surface area contributed by atoms with Crippen LogP contribution in [0.2, 0.25) is 5.02 Å². The number of piperidine rings is 1. The largest absolute Gasteiger partial charge is 0.399 e. The lowest BCUT2D eigenvalue weighted by molar-refractivity contribution is -0.00900. The Bertz CT molecular complexity index is 406. The van der Waals surface area contributed by atoms with Gasteiger partial charge in [0.2, 0.25) is 0 Å². The number of ether oxygens (including phenoxy) is 1. The molecule has 0 unspecified atom stereocenters. The predicted octanol–water partition coefficient (Wildman–Crippen LogP) is 1.90. The van der Waals surface area contributed by atoms with E-state index in [0.717, 1.165) is 43.1 Å². The summed E-state index contributed by atoms with van der Waals surface area (Å²) in [5.41, 5.74) is 7.51. The minimum atomic E-state index is 0.0985. The molecule has 0 spiro atoms. The Morgan fingerprint density at radius 3 is 2.74 bits per heavy atom. The van der Waals surface area contributed by atoms with E-state index in [2.05, 4.69) is 4.90 Å². The third kappa shape index (κ3) is 4.35. The molecule has 1 aromatic rings. The Kier molecular flexibility index (Phi) is 5.45. The van der Waals surface area contributed by atoms with Crippen LogP contribution in [0.3, 0.4) is 0 Å². The van der Waals surface area contributed by atoms with Gasteiger partial charge in [0.05, 0.1) is 19.3 Å². The lowest BCUT2D eigenvalue weighted by Gasteiger charge is -2.32. The molecular weight excluding hydrogens is 264 g/mol. The van der Waals surface area contributed by atoms with Crippen molar-refractivity contribution in [1.29, 1.82) is 0 Å². The molecular formula is C14H21ClN2O2. The molecule has 0 atom stereocenters. The van der Waals surface area contributed by atoms with Crippen molar-refractivity contribution in [3.8, 4) is 0 Å². The van der Waals surface area contributed by atoms with Crippen molar-refractivity contribution >= 4 is 17.3 Å². The van der Waals surface area contributed by atoms with E-state index in [-0.39, 0.29) is 12.7 Å². The Morgan fingerprint density at radius 2 is 2.11 bits per heavy atom. The van der Waals surface area contributed by atoms with Gasteiger partial charge in [-0.15, -0.1) is 0 Å². The molecule has 3 N–H and O–H groups in total. The number of hydrogen-bond acceptors (Lipinski definition) is 4. The summed E-state index contributed by atoms with van der Waals surface area (Å²) >= 11 is 6.19. The van der Waals surface area contributed by atoms with Gasteiger partial charge >= 0.3 is 0 Å². The third-order valence-electron chi connectivity index (χ3n) is 3.45. The van der Waals surface area contributed by atoms with E-state index >= 15 is 0 Å². The molecule has 0 saturated carbocycles. The topological polar surface area (TPSA) is 58.7 Å². The molecule has 2 rings (SSSR count). The van der Waals surface area contributed by atoms with E-state index in [1.165, 1.54) is 0 Å². The molecule has 1 aliphatic heterocycles. The van der Waals surface area contributed by atoms with Crippen LogP contribution in [0.5, 0.6) is 0 Å². The monoisotopic (exact) mass is 284 g/mol. The molecule has 5 heteroatoms. The number of anilines is 1. The molecule has 1 fully saturated rings. The van der Waals surface area contributed by atoms with E-state index in [4.69, 9.17) is 27.2 Å². The second-order valence-corrected chi connectivity index (χ2v) is 5.33. The molecule has 1 aliphatic rings. The van der Waals surface area contributed by atoms with Crippen LogP contribution in [0, 0.1) is 0 Å². The van der Waals surface area contributed by atoms with Crippen LogP contribution in [0.4, 0.5) is 5.69 Å². The third-order valence-corrected chi connectivity index (χ3v) is 3.80. The highest BCUT2D eigenvalue weighted by molar-refractivity contribution is 6.31. The molecule has 0 radical (unpaired) electrons. The first-order valence-electron chi connectivity index (χ1n) is 6.68. The Morgan fingerprint density at radius 1 is 1.37 bits per heavy atom. The average Bonchev–Trinajstić information content (AvgIpc) is 2.41. The van der Waals surface area contributed by atoms with E-state index in [9.17, 15) is 0 Å². The lowest BCUT2D eigenvalue weighted by Crippen LogP contribution is -2.36. The van der Waals surface area contributed by atoms with Crippen molar-refractivity contribution < 1.29 is 9.84 Å². The molecule has 0 aliphatic carbocycles. The van der Waals surface area contributed by atoms with Gasteiger partial charge < -0.3 is 15.6 Å². The Hall–Kier alpha value is -0.810. The summed E-state index contributed by atoms with van der Waals surface area (Å²) in [5, 5.41) is 9.47. The van der Waals surface area contributed by atoms with E-state index in [1.807, 2.05) is 12.1 Å². The fraction of sp³-hybridized carbons (Fsp3) is 0.571. The lowest BCUT2D eigenvalue weighted by atomic mass is 10.1. The van der Waals surface area contributed by atoms with Gasteiger partial charge in [-0.3, -0.25) is 4.90 Å². The number of likely N-dealkylation sites (tertiary alicyclic amines) is 1. The first-order valence-corrected chi connectivity index (χ1v) is 7.05. The minimum Gasteiger partial charge on any atom is -0.399 e. The second-order valence-electron chi connectivity index (χ2n) is 4.92. The highest BCUT2D eigenvalue weighted by Gasteiger charge is 2.20. The van der Waals surface area contributed by atoms with Crippen LogP contribution in [-0.2, 0) is 11.3 Å². The number of hydrogen-bond donors (Lipinski definition) is 2. The van der Waals surface area contributed by atoms with Crippen LogP contribution in [0.15, 0.2) is 18.2 Å². The summed E-state index contributed by atoms with van der Waals surface area (Å²) in [6.07, 6.45) is 2.30. The smallest absolute Gasteiger partial charge is 0.0701 e. The molecule has 1 aromatic carbocycles. The van der Waals surface area contributed by atoms with E-state index < -0.39 is 0 Å². The normalized spacial score (nSPS) is 17.8. The first-order chi connectivity index (χ1) is 9.19. The zero-order valence-corrected chi connectivity index (χ0v) is 11.8. The molecule has 0 aromatic heterocycles. The molecule has 0 bridgehead atoms. The fourth-order valence-corrected chi connectivity index (χ4v) is 2.63. The van der Waals surface area contributed by atoms with Crippen LogP contribution in [0.1, 0.15) is 18.4 Å². The number of aliphatic hydroxyl groups excluding tert-OH is 1. The predicted molar refractivity (Wildman–Crippen MR) is 77.2 cm³/mol. The second kappa shape index (κ2) is 7.10. The van der Waals surface area contributed by atoms with Gasteiger partial charge in [-0.05, 0) is 30.5 Å². The maximum absolute atomic E-state index is 8.74. The van der Waals surface area contributed by atoms with Gasteiger partial charge in [0.25, 0.3) is 0 Å². The highest BCUT2D eigenvalue weighted by atomic mass is 35.5. The van der Waals surface area contributed by atoms with Crippen molar-refractivity contribution in [3.05, 3.63) is 28.8 Å². The van der Waals surface area contributed by atoms with Crippen LogP contribution in [-0.4, -0.2) is 42.4 Å². The van der Waals surface area contributed by atoms with E-state index in [1.54, 1.807) is 6.07 Å². The fourth-order valence-electron chi connectivity index (χ4n) is 2.39. The molecule has 106 valence electrons. The quantitative estimate of drug-likeness (QED) is 0.811. The standard InChI is InChI=1S/C14H21ClN2O2/c15-14-9-12(16)2-1-11(14)10-17-5-3-13(4-6-17)19-8-7-18/h1-2,9,13,18H,3-8,10,16H2. The van der Waals surface area contributed by atoms with Crippen LogP contribution < -0.4 is 5.73 Å². The van der Waals surface area contributed by atoms with Crippen LogP contribution in [0.25, 0.3) is 0 Å². The number of rotatable bonds is 5. The molecule has 1 heterocycles. The van der Waals surface area contributed by atoms with Gasteiger partial charge in [-0.25, -0.2) is 0 Å². The van der Waals surface area contributed by atoms with Crippen molar-refractivity contribution in [2.24, 2.45) is 0 Å². The summed E-state index contributed by atoms with van der Waals surface area (Å²) in [5.74, 6) is 0. The van der Waals surface area contributed by atoms with Crippen molar-refractivity contribution in [2.45, 2.75) is 25.5 Å². The number of nitrogens with two attached hydrogens (primary N) is 1. The maximum atomic E-state index is 8.74.